The molecule has 0 heterocycles. The summed E-state index contributed by atoms with van der Waals surface area (Å²) in [7, 11) is 0. The number of allylic oxidation sites excluding steroid dienone is 2. The van der Waals surface area contributed by atoms with Crippen LogP contribution in [0.2, 0.25) is 0 Å². The monoisotopic (exact) mass is 182 g/mol. The Morgan fingerprint density at radius 3 is 2.46 bits per heavy atom. The first-order chi connectivity index (χ1) is 6.20. The van der Waals surface area contributed by atoms with Crippen molar-refractivity contribution in [2.24, 2.45) is 11.8 Å². The van der Waals surface area contributed by atoms with Gasteiger partial charge in [0.15, 0.2) is 0 Å². The van der Waals surface area contributed by atoms with E-state index in [1.54, 1.807) is 0 Å². The summed E-state index contributed by atoms with van der Waals surface area (Å²) in [5.41, 5.74) is 0. The third kappa shape index (κ3) is 7.76. The van der Waals surface area contributed by atoms with Crippen LogP contribution in [0.1, 0.15) is 46.5 Å². The van der Waals surface area contributed by atoms with Crippen LogP contribution in [-0.2, 0) is 4.79 Å². The van der Waals surface area contributed by atoms with Crippen molar-refractivity contribution in [3.8, 4) is 0 Å². The van der Waals surface area contributed by atoms with Crippen LogP contribution in [0.3, 0.4) is 0 Å². The molecule has 0 rings (SSSR count). The van der Waals surface area contributed by atoms with Gasteiger partial charge < -0.3 is 4.79 Å². The molecule has 0 amide bonds. The molecule has 0 aromatic carbocycles. The zero-order valence-corrected chi connectivity index (χ0v) is 9.12. The van der Waals surface area contributed by atoms with Gasteiger partial charge in [0.25, 0.3) is 0 Å². The van der Waals surface area contributed by atoms with Crippen LogP contribution >= 0.6 is 0 Å². The topological polar surface area (TPSA) is 17.1 Å². The van der Waals surface area contributed by atoms with Gasteiger partial charge in [-0.1, -0.05) is 45.8 Å². The van der Waals surface area contributed by atoms with E-state index >= 15 is 0 Å². The zero-order chi connectivity index (χ0) is 10.1. The predicted octanol–water partition coefficient (Wildman–Crippen LogP) is 3.59. The third-order valence-corrected chi connectivity index (χ3v) is 2.25. The molecular formula is C12H22O. The number of hydrogen-bond donors (Lipinski definition) is 0. The smallest absolute Gasteiger partial charge is 0.120 e. The molecular weight excluding hydrogens is 160 g/mol. The molecule has 1 nitrogen and oxygen atoms in total. The molecule has 76 valence electrons. The quantitative estimate of drug-likeness (QED) is 0.434. The van der Waals surface area contributed by atoms with E-state index in [2.05, 4.69) is 32.9 Å². The number of carbonyl (C=O) groups excluding carboxylic acids is 1. The summed E-state index contributed by atoms with van der Waals surface area (Å²) < 4.78 is 0. The molecule has 1 heteroatoms. The van der Waals surface area contributed by atoms with Crippen molar-refractivity contribution in [2.75, 3.05) is 0 Å². The van der Waals surface area contributed by atoms with E-state index in [0.29, 0.717) is 12.3 Å². The molecule has 0 saturated carbocycles. The van der Waals surface area contributed by atoms with E-state index in [-0.39, 0.29) is 0 Å². The second-order valence-electron chi connectivity index (χ2n) is 3.94. The lowest BCUT2D eigenvalue weighted by Crippen LogP contribution is -1.93. The number of aldehydes is 1. The molecule has 2 unspecified atom stereocenters. The SMILES string of the molecule is CCCC(C)C/C=C/C(C)CC=O. The summed E-state index contributed by atoms with van der Waals surface area (Å²) in [5.74, 6) is 1.19. The highest BCUT2D eigenvalue weighted by atomic mass is 16.1. The molecule has 0 fully saturated rings. The highest BCUT2D eigenvalue weighted by Gasteiger charge is 1.98. The minimum absolute atomic E-state index is 0.409. The maximum Gasteiger partial charge on any atom is 0.120 e. The molecule has 0 N–H and O–H groups in total. The fourth-order valence-corrected chi connectivity index (χ4v) is 1.38. The first-order valence-corrected chi connectivity index (χ1v) is 5.31. The van der Waals surface area contributed by atoms with Crippen LogP contribution in [0, 0.1) is 11.8 Å². The second kappa shape index (κ2) is 8.03. The Balaban J connectivity index is 3.54. The normalized spacial score (nSPS) is 15.9. The number of hydrogen-bond acceptors (Lipinski definition) is 1. The van der Waals surface area contributed by atoms with Crippen molar-refractivity contribution in [2.45, 2.75) is 46.5 Å². The van der Waals surface area contributed by atoms with Crippen LogP contribution in [0.15, 0.2) is 12.2 Å². The van der Waals surface area contributed by atoms with Crippen LogP contribution in [0.4, 0.5) is 0 Å². The van der Waals surface area contributed by atoms with Gasteiger partial charge in [-0.2, -0.15) is 0 Å². The van der Waals surface area contributed by atoms with Gasteiger partial charge in [-0.15, -0.1) is 0 Å². The summed E-state index contributed by atoms with van der Waals surface area (Å²) in [6.45, 7) is 6.57. The number of rotatable bonds is 7. The van der Waals surface area contributed by atoms with Gasteiger partial charge in [-0.3, -0.25) is 0 Å². The van der Waals surface area contributed by atoms with E-state index in [1.807, 2.05) is 0 Å². The minimum atomic E-state index is 0.409. The average molecular weight is 182 g/mol. The maximum absolute atomic E-state index is 10.2. The molecule has 2 atom stereocenters. The van der Waals surface area contributed by atoms with Crippen molar-refractivity contribution in [3.05, 3.63) is 12.2 Å². The fraction of sp³-hybridized carbons (Fsp3) is 0.750. The Kier molecular flexibility index (Phi) is 7.66. The molecule has 0 aliphatic carbocycles. The lowest BCUT2D eigenvalue weighted by atomic mass is 10.0. The minimum Gasteiger partial charge on any atom is -0.303 e. The van der Waals surface area contributed by atoms with Gasteiger partial charge in [0, 0.05) is 6.42 Å². The Morgan fingerprint density at radius 2 is 1.92 bits per heavy atom. The summed E-state index contributed by atoms with van der Waals surface area (Å²) in [5, 5.41) is 0. The maximum atomic E-state index is 10.2. The van der Waals surface area contributed by atoms with Gasteiger partial charge in [0.1, 0.15) is 6.29 Å². The van der Waals surface area contributed by atoms with Gasteiger partial charge in [-0.25, -0.2) is 0 Å². The van der Waals surface area contributed by atoms with Crippen molar-refractivity contribution < 1.29 is 4.79 Å². The zero-order valence-electron chi connectivity index (χ0n) is 9.12. The van der Waals surface area contributed by atoms with Gasteiger partial charge in [0.2, 0.25) is 0 Å². The molecule has 0 aromatic heterocycles. The van der Waals surface area contributed by atoms with E-state index in [9.17, 15) is 4.79 Å². The van der Waals surface area contributed by atoms with E-state index in [0.717, 1.165) is 18.6 Å². The molecule has 0 bridgehead atoms. The average Bonchev–Trinajstić information content (AvgIpc) is 2.05. The lowest BCUT2D eigenvalue weighted by molar-refractivity contribution is -0.108. The van der Waals surface area contributed by atoms with Crippen LogP contribution < -0.4 is 0 Å². The predicted molar refractivity (Wildman–Crippen MR) is 57.7 cm³/mol. The Morgan fingerprint density at radius 1 is 1.23 bits per heavy atom. The Labute approximate surface area is 82.2 Å². The Bertz CT molecular complexity index is 149. The summed E-state index contributed by atoms with van der Waals surface area (Å²) in [4.78, 5) is 10.2. The van der Waals surface area contributed by atoms with Crippen molar-refractivity contribution in [1.82, 2.24) is 0 Å². The first kappa shape index (κ1) is 12.4. The highest BCUT2D eigenvalue weighted by molar-refractivity contribution is 5.50. The molecule has 0 spiro atoms. The van der Waals surface area contributed by atoms with Crippen LogP contribution in [-0.4, -0.2) is 6.29 Å². The highest BCUT2D eigenvalue weighted by Crippen LogP contribution is 2.11. The van der Waals surface area contributed by atoms with Crippen LogP contribution in [0.25, 0.3) is 0 Å². The fourth-order valence-electron chi connectivity index (χ4n) is 1.38. The number of carbonyl (C=O) groups is 1. The largest absolute Gasteiger partial charge is 0.303 e. The molecule has 0 aliphatic heterocycles. The molecule has 13 heavy (non-hydrogen) atoms. The molecule has 0 aromatic rings. The van der Waals surface area contributed by atoms with Gasteiger partial charge in [-0.05, 0) is 18.3 Å². The third-order valence-electron chi connectivity index (χ3n) is 2.25. The standard InChI is InChI=1S/C12H22O/c1-4-6-11(2)7-5-8-12(3)9-10-13/h5,8,10-12H,4,6-7,9H2,1-3H3/b8-5+. The molecule has 0 radical (unpaired) electrons. The van der Waals surface area contributed by atoms with E-state index < -0.39 is 0 Å². The van der Waals surface area contributed by atoms with Crippen LogP contribution in [0.5, 0.6) is 0 Å². The Hall–Kier alpha value is -0.590. The first-order valence-electron chi connectivity index (χ1n) is 5.31. The molecule has 0 saturated heterocycles. The summed E-state index contributed by atoms with van der Waals surface area (Å²) in [6.07, 6.45) is 9.72. The lowest BCUT2D eigenvalue weighted by Gasteiger charge is -2.06. The van der Waals surface area contributed by atoms with Crippen molar-refractivity contribution in [3.63, 3.8) is 0 Å². The second-order valence-corrected chi connectivity index (χ2v) is 3.94. The summed E-state index contributed by atoms with van der Waals surface area (Å²) >= 11 is 0. The van der Waals surface area contributed by atoms with Gasteiger partial charge in [0.05, 0.1) is 0 Å². The van der Waals surface area contributed by atoms with Crippen molar-refractivity contribution in [1.29, 1.82) is 0 Å². The molecule has 0 aliphatic rings. The van der Waals surface area contributed by atoms with E-state index in [1.165, 1.54) is 12.8 Å². The van der Waals surface area contributed by atoms with Gasteiger partial charge >= 0.3 is 0 Å². The van der Waals surface area contributed by atoms with E-state index in [4.69, 9.17) is 0 Å². The van der Waals surface area contributed by atoms with Crippen molar-refractivity contribution >= 4 is 6.29 Å². The summed E-state index contributed by atoms with van der Waals surface area (Å²) in [6, 6.07) is 0.